The van der Waals surface area contributed by atoms with Crippen LogP contribution in [0.15, 0.2) is 42.9 Å². The van der Waals surface area contributed by atoms with Gasteiger partial charge in [0.2, 0.25) is 0 Å². The van der Waals surface area contributed by atoms with Crippen molar-refractivity contribution in [2.45, 2.75) is 32.4 Å². The fourth-order valence-electron chi connectivity index (χ4n) is 3.77. The number of nitriles is 1. The maximum atomic E-state index is 12.7. The monoisotopic (exact) mass is 436 g/mol. The summed E-state index contributed by atoms with van der Waals surface area (Å²) in [5.74, 6) is 0.599. The second kappa shape index (κ2) is 9.24. The lowest BCUT2D eigenvalue weighted by Crippen LogP contribution is -2.32. The second-order valence-electron chi connectivity index (χ2n) is 7.67. The first-order valence-electron chi connectivity index (χ1n) is 10.2. The molecule has 1 aliphatic heterocycles. The molecule has 7 nitrogen and oxygen atoms in total. The fourth-order valence-corrected chi connectivity index (χ4v) is 3.77. The highest BCUT2D eigenvalue weighted by molar-refractivity contribution is 5.62. The number of alkyl halides is 2. The molecule has 3 aromatic rings. The number of aryl methyl sites for hydroxylation is 1. The molecule has 0 amide bonds. The van der Waals surface area contributed by atoms with Crippen LogP contribution in [0.1, 0.15) is 46.2 Å². The van der Waals surface area contributed by atoms with E-state index in [9.17, 15) is 19.1 Å². The van der Waals surface area contributed by atoms with Crippen LogP contribution in [0.3, 0.4) is 0 Å². The molecule has 1 aliphatic rings. The largest absolute Gasteiger partial charge is 0.387 e. The van der Waals surface area contributed by atoms with Crippen LogP contribution < -0.4 is 10.2 Å². The number of pyridine rings is 1. The molecule has 4 rings (SSSR count). The van der Waals surface area contributed by atoms with Gasteiger partial charge in [0.05, 0.1) is 23.0 Å². The van der Waals surface area contributed by atoms with E-state index in [-0.39, 0.29) is 12.2 Å². The molecular weight excluding hydrogens is 414 g/mol. The minimum Gasteiger partial charge on any atom is -0.387 e. The van der Waals surface area contributed by atoms with E-state index in [0.717, 1.165) is 29.1 Å². The summed E-state index contributed by atoms with van der Waals surface area (Å²) in [4.78, 5) is 14.5. The van der Waals surface area contributed by atoms with Gasteiger partial charge in [0.15, 0.2) is 0 Å². The molecule has 3 heterocycles. The molecule has 1 aromatic carbocycles. The normalized spacial score (nSPS) is 14.1. The predicted molar refractivity (Wildman–Crippen MR) is 115 cm³/mol. The third-order valence-corrected chi connectivity index (χ3v) is 5.50. The molecule has 9 heteroatoms. The third-order valence-electron chi connectivity index (χ3n) is 5.50. The summed E-state index contributed by atoms with van der Waals surface area (Å²) < 4.78 is 25.4. The minimum atomic E-state index is -2.65. The standard InChI is InChI=1S/C23H22F2N6O/c1-14-2-5-20(16(8-14)9-26)31-7-6-18-17(12-31)23(30-13-29-18)28-11-21(32)15-3-4-19(22(24)25)27-10-15/h2-5,8,10,13,21-22,32H,6-7,11-12H2,1H3,(H,28,29,30)/t21-/m0/s1. The van der Waals surface area contributed by atoms with Crippen molar-refractivity contribution < 1.29 is 13.9 Å². The van der Waals surface area contributed by atoms with Crippen molar-refractivity contribution in [2.75, 3.05) is 23.3 Å². The number of hydrogen-bond acceptors (Lipinski definition) is 7. The first-order chi connectivity index (χ1) is 15.5. The van der Waals surface area contributed by atoms with E-state index in [0.29, 0.717) is 29.9 Å². The van der Waals surface area contributed by atoms with Crippen molar-refractivity contribution >= 4 is 11.5 Å². The Kier molecular flexibility index (Phi) is 6.23. The highest BCUT2D eigenvalue weighted by atomic mass is 19.3. The van der Waals surface area contributed by atoms with Crippen LogP contribution in [0.25, 0.3) is 0 Å². The molecule has 2 N–H and O–H groups in total. The Balaban J connectivity index is 1.50. The molecule has 0 radical (unpaired) electrons. The molecule has 0 unspecified atom stereocenters. The molecule has 164 valence electrons. The Hall–Kier alpha value is -3.64. The van der Waals surface area contributed by atoms with Gasteiger partial charge < -0.3 is 15.3 Å². The lowest BCUT2D eigenvalue weighted by molar-refractivity contribution is 0.145. The van der Waals surface area contributed by atoms with Crippen molar-refractivity contribution in [3.8, 4) is 6.07 Å². The van der Waals surface area contributed by atoms with Crippen LogP contribution in [-0.4, -0.2) is 33.1 Å². The summed E-state index contributed by atoms with van der Waals surface area (Å²) in [6.07, 6.45) is -0.153. The number of aromatic nitrogens is 3. The van der Waals surface area contributed by atoms with E-state index in [1.807, 2.05) is 25.1 Å². The van der Waals surface area contributed by atoms with E-state index >= 15 is 0 Å². The number of aliphatic hydroxyl groups excluding tert-OH is 1. The van der Waals surface area contributed by atoms with Crippen molar-refractivity contribution in [2.24, 2.45) is 0 Å². The van der Waals surface area contributed by atoms with E-state index in [1.165, 1.54) is 24.7 Å². The summed E-state index contributed by atoms with van der Waals surface area (Å²) in [5.41, 5.74) is 4.44. The molecule has 32 heavy (non-hydrogen) atoms. The average Bonchev–Trinajstić information content (AvgIpc) is 2.82. The summed E-state index contributed by atoms with van der Waals surface area (Å²) >= 11 is 0. The average molecular weight is 436 g/mol. The first-order valence-corrected chi connectivity index (χ1v) is 10.2. The van der Waals surface area contributed by atoms with E-state index in [4.69, 9.17) is 0 Å². The zero-order chi connectivity index (χ0) is 22.7. The molecule has 0 spiro atoms. The predicted octanol–water partition coefficient (Wildman–Crippen LogP) is 3.70. The molecular formula is C23H22F2N6O. The maximum absolute atomic E-state index is 12.7. The molecule has 0 aliphatic carbocycles. The number of anilines is 2. The first kappa shape index (κ1) is 21.6. The van der Waals surface area contributed by atoms with Crippen LogP contribution in [0.4, 0.5) is 20.3 Å². The van der Waals surface area contributed by atoms with Gasteiger partial charge in [-0.25, -0.2) is 18.7 Å². The van der Waals surface area contributed by atoms with Gasteiger partial charge in [-0.15, -0.1) is 0 Å². The Morgan fingerprint density at radius 1 is 1.22 bits per heavy atom. The minimum absolute atomic E-state index is 0.132. The quantitative estimate of drug-likeness (QED) is 0.608. The van der Waals surface area contributed by atoms with Crippen LogP contribution in [0.2, 0.25) is 0 Å². The Bertz CT molecular complexity index is 1150. The molecule has 0 saturated heterocycles. The van der Waals surface area contributed by atoms with Crippen LogP contribution in [0.5, 0.6) is 0 Å². The van der Waals surface area contributed by atoms with Crippen molar-refractivity contribution in [1.29, 1.82) is 5.26 Å². The summed E-state index contributed by atoms with van der Waals surface area (Å²) in [7, 11) is 0. The SMILES string of the molecule is Cc1ccc(N2CCc3ncnc(NC[C@H](O)c4ccc(C(F)F)nc4)c3C2)c(C#N)c1. The molecule has 0 fully saturated rings. The van der Waals surface area contributed by atoms with E-state index in [2.05, 4.69) is 31.2 Å². The maximum Gasteiger partial charge on any atom is 0.280 e. The van der Waals surface area contributed by atoms with Crippen LogP contribution >= 0.6 is 0 Å². The van der Waals surface area contributed by atoms with Gasteiger partial charge in [-0.1, -0.05) is 12.1 Å². The zero-order valence-electron chi connectivity index (χ0n) is 17.5. The number of nitrogens with zero attached hydrogens (tertiary/aromatic N) is 5. The van der Waals surface area contributed by atoms with Gasteiger partial charge >= 0.3 is 0 Å². The summed E-state index contributed by atoms with van der Waals surface area (Å²) in [5, 5.41) is 23.1. The smallest absolute Gasteiger partial charge is 0.280 e. The van der Waals surface area contributed by atoms with Gasteiger partial charge in [0.1, 0.15) is 23.9 Å². The summed E-state index contributed by atoms with van der Waals surface area (Å²) in [6, 6.07) is 10.7. The number of rotatable bonds is 6. The number of aliphatic hydroxyl groups is 1. The Morgan fingerprint density at radius 3 is 2.78 bits per heavy atom. The second-order valence-corrected chi connectivity index (χ2v) is 7.67. The number of fused-ring (bicyclic) bond motifs is 1. The Morgan fingerprint density at radius 2 is 2.06 bits per heavy atom. The topological polar surface area (TPSA) is 98.0 Å². The van der Waals surface area contributed by atoms with Crippen molar-refractivity contribution in [3.05, 3.63) is 76.5 Å². The molecule has 0 saturated carbocycles. The van der Waals surface area contributed by atoms with E-state index in [1.54, 1.807) is 0 Å². The van der Waals surface area contributed by atoms with Crippen molar-refractivity contribution in [1.82, 2.24) is 15.0 Å². The summed E-state index contributed by atoms with van der Waals surface area (Å²) in [6.45, 7) is 3.34. The highest BCUT2D eigenvalue weighted by Crippen LogP contribution is 2.30. The van der Waals surface area contributed by atoms with Crippen LogP contribution in [0, 0.1) is 18.3 Å². The number of benzene rings is 1. The highest BCUT2D eigenvalue weighted by Gasteiger charge is 2.23. The third kappa shape index (κ3) is 4.50. The fraction of sp³-hybridized carbons (Fsp3) is 0.304. The van der Waals surface area contributed by atoms with E-state index < -0.39 is 12.5 Å². The van der Waals surface area contributed by atoms with Gasteiger partial charge in [-0.3, -0.25) is 4.98 Å². The number of nitrogens with one attached hydrogen (secondary N) is 1. The van der Waals surface area contributed by atoms with Crippen LogP contribution in [-0.2, 0) is 13.0 Å². The van der Waals surface area contributed by atoms with Gasteiger partial charge in [-0.2, -0.15) is 5.26 Å². The number of halogens is 2. The van der Waals surface area contributed by atoms with Gasteiger partial charge in [0.25, 0.3) is 6.43 Å². The molecule has 2 aromatic heterocycles. The molecule has 0 bridgehead atoms. The van der Waals surface area contributed by atoms with Gasteiger partial charge in [0, 0.05) is 43.4 Å². The van der Waals surface area contributed by atoms with Crippen molar-refractivity contribution in [3.63, 3.8) is 0 Å². The zero-order valence-corrected chi connectivity index (χ0v) is 17.5. The van der Waals surface area contributed by atoms with Gasteiger partial charge in [-0.05, 0) is 30.7 Å². The molecule has 1 atom stereocenters. The Labute approximate surface area is 184 Å². The number of hydrogen-bond donors (Lipinski definition) is 2. The lowest BCUT2D eigenvalue weighted by atomic mass is 10.0. The lowest BCUT2D eigenvalue weighted by Gasteiger charge is -2.31.